The summed E-state index contributed by atoms with van der Waals surface area (Å²) in [5, 5.41) is 8.34. The Hall–Kier alpha value is -2.41. The normalized spacial score (nSPS) is 15.7. The molecule has 0 spiro atoms. The highest BCUT2D eigenvalue weighted by Gasteiger charge is 2.24. The molecule has 1 saturated heterocycles. The first-order chi connectivity index (χ1) is 13.2. The Balaban J connectivity index is 1.57. The summed E-state index contributed by atoms with van der Waals surface area (Å²) in [7, 11) is 1.72. The number of hydrogen-bond acceptors (Lipinski definition) is 5. The first-order valence-corrected chi connectivity index (χ1v) is 9.71. The van der Waals surface area contributed by atoms with Gasteiger partial charge in [-0.2, -0.15) is 0 Å². The number of hydrogen-bond donors (Lipinski definition) is 0. The Morgan fingerprint density at radius 2 is 1.93 bits per heavy atom. The van der Waals surface area contributed by atoms with E-state index in [0.29, 0.717) is 24.8 Å². The lowest BCUT2D eigenvalue weighted by molar-refractivity contribution is 0.0767. The van der Waals surface area contributed by atoms with Crippen molar-refractivity contribution in [3.8, 4) is 5.75 Å². The molecule has 2 heterocycles. The lowest BCUT2D eigenvalue weighted by Gasteiger charge is -2.32. The van der Waals surface area contributed by atoms with E-state index >= 15 is 0 Å². The Morgan fingerprint density at radius 1 is 1.22 bits per heavy atom. The van der Waals surface area contributed by atoms with E-state index in [1.807, 2.05) is 30.7 Å². The monoisotopic (exact) mass is 371 g/mol. The van der Waals surface area contributed by atoms with Crippen LogP contribution < -0.4 is 4.74 Å². The highest BCUT2D eigenvalue weighted by molar-refractivity contribution is 5.91. The topological polar surface area (TPSA) is 63.5 Å². The van der Waals surface area contributed by atoms with E-state index in [1.165, 1.54) is 5.56 Å². The molecule has 0 N–H and O–H groups in total. The second-order valence-electron chi connectivity index (χ2n) is 6.88. The number of carbonyl (C=O) groups is 1. The summed E-state index contributed by atoms with van der Waals surface area (Å²) in [5.41, 5.74) is 1.65. The predicted octanol–water partition coefficient (Wildman–Crippen LogP) is 2.61. The molecule has 27 heavy (non-hydrogen) atoms. The van der Waals surface area contributed by atoms with Gasteiger partial charge in [0.05, 0.1) is 19.3 Å². The van der Waals surface area contributed by atoms with Gasteiger partial charge in [0, 0.05) is 38.3 Å². The molecule has 1 amide bonds. The molecule has 1 fully saturated rings. The van der Waals surface area contributed by atoms with E-state index in [4.69, 9.17) is 4.74 Å². The molecule has 0 bridgehead atoms. The summed E-state index contributed by atoms with van der Waals surface area (Å²) in [6.45, 7) is 8.18. The minimum absolute atomic E-state index is 0.0418. The number of likely N-dealkylation sites (tertiary alicyclic amines) is 1. The minimum Gasteiger partial charge on any atom is -0.496 e. The molecule has 0 atom stereocenters. The summed E-state index contributed by atoms with van der Waals surface area (Å²) in [5.74, 6) is 0.898. The molecular formula is C20H29N5O2. The number of ether oxygens (including phenoxy) is 1. The molecule has 1 aliphatic heterocycles. The molecule has 1 aromatic heterocycles. The number of rotatable bonds is 7. The summed E-state index contributed by atoms with van der Waals surface area (Å²) in [6, 6.07) is 8.47. The van der Waals surface area contributed by atoms with Crippen molar-refractivity contribution in [2.45, 2.75) is 39.3 Å². The maximum atomic E-state index is 12.4. The Bertz CT molecular complexity index is 748. The SMILES string of the molecule is CCN(CC)C(=O)c1cn(C2CCN(Cc3ccccc3OC)CC2)nn1. The van der Waals surface area contributed by atoms with Gasteiger partial charge in [0.1, 0.15) is 5.75 Å². The zero-order valence-corrected chi connectivity index (χ0v) is 16.5. The van der Waals surface area contributed by atoms with E-state index < -0.39 is 0 Å². The highest BCUT2D eigenvalue weighted by Crippen LogP contribution is 2.25. The summed E-state index contributed by atoms with van der Waals surface area (Å²) < 4.78 is 7.33. The number of carbonyl (C=O) groups excluding carboxylic acids is 1. The van der Waals surface area contributed by atoms with Crippen LogP contribution in [0.3, 0.4) is 0 Å². The molecule has 1 aromatic carbocycles. The van der Waals surface area contributed by atoms with Crippen LogP contribution in [0.1, 0.15) is 48.8 Å². The second kappa shape index (κ2) is 8.99. The van der Waals surface area contributed by atoms with Crippen LogP contribution in [0.2, 0.25) is 0 Å². The van der Waals surface area contributed by atoms with Gasteiger partial charge in [0.2, 0.25) is 0 Å². The van der Waals surface area contributed by atoms with Crippen molar-refractivity contribution in [1.82, 2.24) is 24.8 Å². The van der Waals surface area contributed by atoms with Gasteiger partial charge in [-0.05, 0) is 32.8 Å². The molecule has 0 radical (unpaired) electrons. The number of nitrogens with zero attached hydrogens (tertiary/aromatic N) is 5. The quantitative estimate of drug-likeness (QED) is 0.749. The van der Waals surface area contributed by atoms with Crippen molar-refractivity contribution >= 4 is 5.91 Å². The third kappa shape index (κ3) is 4.47. The summed E-state index contributed by atoms with van der Waals surface area (Å²) >= 11 is 0. The van der Waals surface area contributed by atoms with Crippen molar-refractivity contribution in [2.24, 2.45) is 0 Å². The molecule has 0 unspecified atom stereocenters. The van der Waals surface area contributed by atoms with Crippen LogP contribution in [-0.2, 0) is 6.54 Å². The molecule has 7 nitrogen and oxygen atoms in total. The Kier molecular flexibility index (Phi) is 6.45. The van der Waals surface area contributed by atoms with E-state index in [9.17, 15) is 4.79 Å². The number of piperidine rings is 1. The van der Waals surface area contributed by atoms with Crippen LogP contribution in [0.15, 0.2) is 30.5 Å². The average molecular weight is 371 g/mol. The molecule has 3 rings (SSSR count). The summed E-state index contributed by atoms with van der Waals surface area (Å²) in [4.78, 5) is 16.6. The van der Waals surface area contributed by atoms with Gasteiger partial charge >= 0.3 is 0 Å². The van der Waals surface area contributed by atoms with E-state index in [0.717, 1.165) is 38.2 Å². The first kappa shape index (κ1) is 19.4. The maximum absolute atomic E-state index is 12.4. The van der Waals surface area contributed by atoms with Crippen LogP contribution in [-0.4, -0.2) is 64.0 Å². The van der Waals surface area contributed by atoms with Gasteiger partial charge in [-0.3, -0.25) is 9.69 Å². The van der Waals surface area contributed by atoms with E-state index in [2.05, 4.69) is 27.3 Å². The molecule has 0 saturated carbocycles. The van der Waals surface area contributed by atoms with Crippen molar-refractivity contribution < 1.29 is 9.53 Å². The number of benzene rings is 1. The van der Waals surface area contributed by atoms with E-state index in [1.54, 1.807) is 18.2 Å². The summed E-state index contributed by atoms with van der Waals surface area (Å²) in [6.07, 6.45) is 3.80. The van der Waals surface area contributed by atoms with Crippen LogP contribution >= 0.6 is 0 Å². The number of amides is 1. The predicted molar refractivity (Wildman–Crippen MR) is 104 cm³/mol. The lowest BCUT2D eigenvalue weighted by atomic mass is 10.0. The smallest absolute Gasteiger partial charge is 0.276 e. The van der Waals surface area contributed by atoms with Crippen LogP contribution in [0.5, 0.6) is 5.75 Å². The average Bonchev–Trinajstić information content (AvgIpc) is 3.20. The molecule has 0 aliphatic carbocycles. The van der Waals surface area contributed by atoms with Crippen molar-refractivity contribution in [2.75, 3.05) is 33.3 Å². The number of aromatic nitrogens is 3. The molecular weight excluding hydrogens is 342 g/mol. The molecule has 7 heteroatoms. The Labute approximate surface area is 160 Å². The molecule has 1 aliphatic rings. The van der Waals surface area contributed by atoms with Gasteiger partial charge in [0.25, 0.3) is 5.91 Å². The molecule has 146 valence electrons. The number of para-hydroxylation sites is 1. The van der Waals surface area contributed by atoms with E-state index in [-0.39, 0.29) is 5.91 Å². The Morgan fingerprint density at radius 3 is 2.59 bits per heavy atom. The largest absolute Gasteiger partial charge is 0.496 e. The van der Waals surface area contributed by atoms with Crippen molar-refractivity contribution in [1.29, 1.82) is 0 Å². The van der Waals surface area contributed by atoms with Crippen LogP contribution in [0.25, 0.3) is 0 Å². The maximum Gasteiger partial charge on any atom is 0.276 e. The van der Waals surface area contributed by atoms with Crippen LogP contribution in [0, 0.1) is 0 Å². The lowest BCUT2D eigenvalue weighted by Crippen LogP contribution is -2.34. The highest BCUT2D eigenvalue weighted by atomic mass is 16.5. The fourth-order valence-electron chi connectivity index (χ4n) is 3.64. The second-order valence-corrected chi connectivity index (χ2v) is 6.88. The third-order valence-corrected chi connectivity index (χ3v) is 5.30. The van der Waals surface area contributed by atoms with Gasteiger partial charge in [-0.1, -0.05) is 23.4 Å². The first-order valence-electron chi connectivity index (χ1n) is 9.71. The van der Waals surface area contributed by atoms with Crippen molar-refractivity contribution in [3.63, 3.8) is 0 Å². The van der Waals surface area contributed by atoms with Gasteiger partial charge in [-0.25, -0.2) is 4.68 Å². The third-order valence-electron chi connectivity index (χ3n) is 5.30. The minimum atomic E-state index is -0.0418. The fraction of sp³-hybridized carbons (Fsp3) is 0.550. The number of methoxy groups -OCH3 is 1. The van der Waals surface area contributed by atoms with Gasteiger partial charge < -0.3 is 9.64 Å². The standard InChI is InChI=1S/C20H29N5O2/c1-4-24(5-2)20(26)18-15-25(22-21-18)17-10-12-23(13-11-17)14-16-8-6-7-9-19(16)27-3/h6-9,15,17H,4-5,10-14H2,1-3H3. The van der Waals surface area contributed by atoms with Gasteiger partial charge in [-0.15, -0.1) is 5.10 Å². The van der Waals surface area contributed by atoms with Gasteiger partial charge in [0.15, 0.2) is 5.69 Å². The fourth-order valence-corrected chi connectivity index (χ4v) is 3.64. The molecule has 2 aromatic rings. The van der Waals surface area contributed by atoms with Crippen molar-refractivity contribution in [3.05, 3.63) is 41.7 Å². The zero-order chi connectivity index (χ0) is 19.2. The zero-order valence-electron chi connectivity index (χ0n) is 16.5. The van der Waals surface area contributed by atoms with Crippen LogP contribution in [0.4, 0.5) is 0 Å².